The van der Waals surface area contributed by atoms with Gasteiger partial charge < -0.3 is 4.74 Å². The van der Waals surface area contributed by atoms with Gasteiger partial charge in [0.1, 0.15) is 5.75 Å². The van der Waals surface area contributed by atoms with Crippen LogP contribution in [0.2, 0.25) is 0 Å². The molecule has 0 atom stereocenters. The second kappa shape index (κ2) is 4.23. The maximum absolute atomic E-state index is 12.1. The van der Waals surface area contributed by atoms with Crippen LogP contribution < -0.4 is 4.74 Å². The van der Waals surface area contributed by atoms with Gasteiger partial charge in [0.25, 0.3) is 0 Å². The highest BCUT2D eigenvalue weighted by atomic mass is 32.3. The predicted molar refractivity (Wildman–Crippen MR) is 52.1 cm³/mol. The van der Waals surface area contributed by atoms with Gasteiger partial charge in [-0.1, -0.05) is 12.1 Å². The number of rotatable bonds is 3. The second-order valence-electron chi connectivity index (χ2n) is 2.55. The average Bonchev–Trinajstić information content (AvgIpc) is 2.14. The van der Waals surface area contributed by atoms with Crippen molar-refractivity contribution in [3.63, 3.8) is 0 Å². The molecule has 0 heterocycles. The van der Waals surface area contributed by atoms with Crippen molar-refractivity contribution in [2.24, 2.45) is 0 Å². The monoisotopic (exact) mass is 216 g/mol. The minimum atomic E-state index is -4.55. The van der Waals surface area contributed by atoms with Gasteiger partial charge in [-0.25, -0.2) is 0 Å². The molecule has 3 nitrogen and oxygen atoms in total. The fourth-order valence-electron chi connectivity index (χ4n) is 0.875. The third-order valence-corrected chi connectivity index (χ3v) is 2.00. The molecule has 0 aromatic heterocycles. The Bertz CT molecular complexity index is 420. The lowest BCUT2D eigenvalue weighted by atomic mass is 10.2. The quantitative estimate of drug-likeness (QED) is 0.725. The fourth-order valence-corrected chi connectivity index (χ4v) is 1.19. The fraction of sp³-hybridized carbons (Fsp3) is 0.111. The topological polar surface area (TPSA) is 43.4 Å². The molecule has 1 rings (SSSR count). The Kier molecular flexibility index (Phi) is 3.24. The molecule has 14 heavy (non-hydrogen) atoms. The zero-order chi connectivity index (χ0) is 10.6. The maximum atomic E-state index is 12.1. The zero-order valence-corrected chi connectivity index (χ0v) is 8.29. The Labute approximate surface area is 82.0 Å². The summed E-state index contributed by atoms with van der Waals surface area (Å²) in [5.74, 6) is 0.658. The molecule has 0 spiro atoms. The van der Waals surface area contributed by atoms with Gasteiger partial charge in [0.15, 0.2) is 0 Å². The molecule has 0 amide bonds. The third kappa shape index (κ3) is 3.57. The van der Waals surface area contributed by atoms with Crippen molar-refractivity contribution in [1.29, 1.82) is 0 Å². The van der Waals surface area contributed by atoms with Gasteiger partial charge in [0.05, 0.1) is 12.5 Å². The van der Waals surface area contributed by atoms with Gasteiger partial charge in [-0.2, -0.15) is 8.42 Å². The smallest absolute Gasteiger partial charge is 0.325 e. The normalized spacial score (nSPS) is 11.9. The first-order valence-corrected chi connectivity index (χ1v) is 5.23. The molecule has 5 heteroatoms. The Morgan fingerprint density at radius 3 is 2.29 bits per heavy atom. The number of hydrogen-bond acceptors (Lipinski definition) is 3. The van der Waals surface area contributed by atoms with Crippen molar-refractivity contribution in [3.8, 4) is 5.75 Å². The van der Waals surface area contributed by atoms with Crippen LogP contribution in [0.3, 0.4) is 0 Å². The lowest BCUT2D eigenvalue weighted by Crippen LogP contribution is -1.83. The molecule has 0 radical (unpaired) electrons. The van der Waals surface area contributed by atoms with Crippen LogP contribution in [0, 0.1) is 0 Å². The summed E-state index contributed by atoms with van der Waals surface area (Å²) in [6.45, 7) is 0. The van der Waals surface area contributed by atoms with Crippen molar-refractivity contribution in [3.05, 3.63) is 35.2 Å². The van der Waals surface area contributed by atoms with E-state index in [0.717, 1.165) is 0 Å². The van der Waals surface area contributed by atoms with Crippen LogP contribution in [-0.2, 0) is 10.2 Å². The Balaban J connectivity index is 2.84. The lowest BCUT2D eigenvalue weighted by Gasteiger charge is -1.98. The summed E-state index contributed by atoms with van der Waals surface area (Å²) >= 11 is 0. The second-order valence-corrected chi connectivity index (χ2v) is 3.77. The molecule has 0 saturated carbocycles. The molecular weight excluding hydrogens is 207 g/mol. The van der Waals surface area contributed by atoms with Crippen molar-refractivity contribution in [2.45, 2.75) is 0 Å². The van der Waals surface area contributed by atoms with E-state index in [-0.39, 0.29) is 0 Å². The molecule has 0 unspecified atom stereocenters. The van der Waals surface area contributed by atoms with Crippen molar-refractivity contribution in [2.75, 3.05) is 7.11 Å². The third-order valence-electron chi connectivity index (χ3n) is 1.54. The first kappa shape index (κ1) is 10.7. The molecule has 0 bridgehead atoms. The number of hydrogen-bond donors (Lipinski definition) is 0. The average molecular weight is 216 g/mol. The zero-order valence-electron chi connectivity index (χ0n) is 7.48. The number of benzene rings is 1. The van der Waals surface area contributed by atoms with E-state index in [9.17, 15) is 12.3 Å². The number of halogens is 1. The van der Waals surface area contributed by atoms with E-state index in [1.807, 2.05) is 0 Å². The highest BCUT2D eigenvalue weighted by Crippen LogP contribution is 2.12. The summed E-state index contributed by atoms with van der Waals surface area (Å²) in [6.07, 6.45) is 1.18. The summed E-state index contributed by atoms with van der Waals surface area (Å²) in [6, 6.07) is 6.57. The van der Waals surface area contributed by atoms with Crippen molar-refractivity contribution < 1.29 is 17.0 Å². The Morgan fingerprint density at radius 2 is 1.86 bits per heavy atom. The summed E-state index contributed by atoms with van der Waals surface area (Å²) in [7, 11) is -3.03. The molecule has 76 valence electrons. The molecule has 0 aliphatic carbocycles. The Morgan fingerprint density at radius 1 is 1.29 bits per heavy atom. The summed E-state index contributed by atoms with van der Waals surface area (Å²) in [4.78, 5) is 0. The van der Waals surface area contributed by atoms with E-state index < -0.39 is 10.2 Å². The van der Waals surface area contributed by atoms with Crippen LogP contribution in [0.15, 0.2) is 29.7 Å². The van der Waals surface area contributed by atoms with E-state index >= 15 is 0 Å². The van der Waals surface area contributed by atoms with Crippen LogP contribution in [0.25, 0.3) is 6.08 Å². The van der Waals surface area contributed by atoms with Crippen LogP contribution in [0.5, 0.6) is 5.75 Å². The highest BCUT2D eigenvalue weighted by molar-refractivity contribution is 7.89. The van der Waals surface area contributed by atoms with E-state index in [2.05, 4.69) is 0 Å². The van der Waals surface area contributed by atoms with Crippen LogP contribution in [-0.4, -0.2) is 15.5 Å². The summed E-state index contributed by atoms with van der Waals surface area (Å²) < 4.78 is 37.3. The number of methoxy groups -OCH3 is 1. The molecule has 1 aromatic carbocycles. The first-order valence-electron chi connectivity index (χ1n) is 3.78. The predicted octanol–water partition coefficient (Wildman–Crippen LogP) is 1.97. The first-order chi connectivity index (χ1) is 6.51. The minimum absolute atomic E-state index is 0.509. The molecule has 0 aliphatic rings. The standard InChI is InChI=1S/C9H9FO3S/c1-13-9-4-2-8(3-5-9)6-7-14(10,11)12/h2-7H,1H3/b7-6+. The van der Waals surface area contributed by atoms with Gasteiger partial charge in [0.2, 0.25) is 0 Å². The van der Waals surface area contributed by atoms with Crippen molar-refractivity contribution >= 4 is 16.3 Å². The SMILES string of the molecule is COc1ccc(/C=C/S(=O)(=O)F)cc1. The van der Waals surface area contributed by atoms with E-state index in [4.69, 9.17) is 4.74 Å². The minimum Gasteiger partial charge on any atom is -0.497 e. The van der Waals surface area contributed by atoms with Crippen LogP contribution >= 0.6 is 0 Å². The molecule has 0 fully saturated rings. The van der Waals surface area contributed by atoms with Crippen molar-refractivity contribution in [1.82, 2.24) is 0 Å². The maximum Gasteiger partial charge on any atom is 0.325 e. The molecule has 0 N–H and O–H groups in total. The summed E-state index contributed by atoms with van der Waals surface area (Å²) in [5, 5.41) is 0.509. The number of ether oxygens (including phenoxy) is 1. The van der Waals surface area contributed by atoms with Gasteiger partial charge >= 0.3 is 10.2 Å². The molecule has 0 aliphatic heterocycles. The van der Waals surface area contributed by atoms with E-state index in [1.54, 1.807) is 24.3 Å². The van der Waals surface area contributed by atoms with Crippen LogP contribution in [0.4, 0.5) is 3.89 Å². The summed E-state index contributed by atoms with van der Waals surface area (Å²) in [5.41, 5.74) is 0.590. The van der Waals surface area contributed by atoms with Gasteiger partial charge in [-0.3, -0.25) is 0 Å². The van der Waals surface area contributed by atoms with E-state index in [1.165, 1.54) is 13.2 Å². The van der Waals surface area contributed by atoms with Gasteiger partial charge in [-0.05, 0) is 23.8 Å². The highest BCUT2D eigenvalue weighted by Gasteiger charge is 1.98. The molecule has 1 aromatic rings. The van der Waals surface area contributed by atoms with E-state index in [0.29, 0.717) is 16.7 Å². The molecule has 0 saturated heterocycles. The van der Waals surface area contributed by atoms with Gasteiger partial charge in [-0.15, -0.1) is 3.89 Å². The Hall–Kier alpha value is -1.36. The van der Waals surface area contributed by atoms with Gasteiger partial charge in [0, 0.05) is 0 Å². The molecular formula is C9H9FO3S. The van der Waals surface area contributed by atoms with Crippen LogP contribution in [0.1, 0.15) is 5.56 Å². The largest absolute Gasteiger partial charge is 0.497 e. The lowest BCUT2D eigenvalue weighted by molar-refractivity contribution is 0.415.